The summed E-state index contributed by atoms with van der Waals surface area (Å²) in [6, 6.07) is 15.5. The van der Waals surface area contributed by atoms with E-state index in [1.54, 1.807) is 11.4 Å². The molecule has 1 atom stereocenters. The van der Waals surface area contributed by atoms with Crippen molar-refractivity contribution in [2.24, 2.45) is 0 Å². The van der Waals surface area contributed by atoms with Crippen molar-refractivity contribution in [3.63, 3.8) is 0 Å². The van der Waals surface area contributed by atoms with Gasteiger partial charge in [-0.1, -0.05) is 48.5 Å². The molecule has 0 saturated carbocycles. The van der Waals surface area contributed by atoms with Gasteiger partial charge in [0, 0.05) is 29.6 Å². The van der Waals surface area contributed by atoms with Gasteiger partial charge in [0.1, 0.15) is 16.5 Å². The van der Waals surface area contributed by atoms with E-state index in [4.69, 9.17) is 0 Å². The largest absolute Gasteiger partial charge is 0.336 e. The third kappa shape index (κ3) is 4.09. The molecule has 4 rings (SSSR count). The van der Waals surface area contributed by atoms with Gasteiger partial charge in [0.15, 0.2) is 9.84 Å². The van der Waals surface area contributed by atoms with Crippen LogP contribution in [0.5, 0.6) is 0 Å². The van der Waals surface area contributed by atoms with E-state index in [9.17, 15) is 17.6 Å². The fraction of sp³-hybridized carbons (Fsp3) is 0.238. The van der Waals surface area contributed by atoms with Crippen molar-refractivity contribution in [2.75, 3.05) is 18.8 Å². The quantitative estimate of drug-likeness (QED) is 0.631. The van der Waals surface area contributed by atoms with Crippen LogP contribution in [0.25, 0.3) is 10.6 Å². The lowest BCUT2D eigenvalue weighted by molar-refractivity contribution is 0.0761. The molecule has 5 nitrogen and oxygen atoms in total. The van der Waals surface area contributed by atoms with Gasteiger partial charge in [-0.05, 0) is 12.5 Å². The van der Waals surface area contributed by atoms with Crippen molar-refractivity contribution in [3.05, 3.63) is 77.1 Å². The minimum absolute atomic E-state index is 0.0737. The summed E-state index contributed by atoms with van der Waals surface area (Å²) in [5, 5.41) is 1.48. The summed E-state index contributed by atoms with van der Waals surface area (Å²) in [5.41, 5.74) is 1.40. The maximum Gasteiger partial charge on any atom is 0.273 e. The van der Waals surface area contributed by atoms with Gasteiger partial charge in [0.2, 0.25) is 0 Å². The van der Waals surface area contributed by atoms with E-state index in [-0.39, 0.29) is 36.7 Å². The first-order valence-electron chi connectivity index (χ1n) is 9.22. The molecule has 150 valence electrons. The zero-order chi connectivity index (χ0) is 20.4. The molecule has 1 unspecified atom stereocenters. The number of thiazole rings is 1. The molecule has 0 bridgehead atoms. The number of hydrogen-bond acceptors (Lipinski definition) is 5. The Balaban J connectivity index is 1.55. The van der Waals surface area contributed by atoms with Crippen molar-refractivity contribution in [1.29, 1.82) is 0 Å². The van der Waals surface area contributed by atoms with Crippen molar-refractivity contribution >= 4 is 27.1 Å². The first kappa shape index (κ1) is 19.7. The molecule has 1 aromatic heterocycles. The summed E-state index contributed by atoms with van der Waals surface area (Å²) in [5.74, 6) is -1.03. The Morgan fingerprint density at radius 3 is 2.55 bits per heavy atom. The molecule has 0 radical (unpaired) electrons. The van der Waals surface area contributed by atoms with Crippen LogP contribution in [0.15, 0.2) is 60.0 Å². The molecule has 1 amide bonds. The average Bonchev–Trinajstić information content (AvgIpc) is 3.16. The molecular formula is C21H19FN2O3S2. The Morgan fingerprint density at radius 1 is 1.07 bits per heavy atom. The Kier molecular flexibility index (Phi) is 5.47. The normalized spacial score (nSPS) is 18.9. The van der Waals surface area contributed by atoms with E-state index in [1.165, 1.54) is 34.4 Å². The molecule has 1 saturated heterocycles. The Labute approximate surface area is 172 Å². The molecule has 29 heavy (non-hydrogen) atoms. The average molecular weight is 431 g/mol. The Bertz CT molecular complexity index is 1130. The van der Waals surface area contributed by atoms with Gasteiger partial charge in [-0.15, -0.1) is 11.3 Å². The van der Waals surface area contributed by atoms with Crippen LogP contribution in [0.1, 0.15) is 27.7 Å². The third-order valence-corrected chi connectivity index (χ3v) is 8.02. The van der Waals surface area contributed by atoms with Crippen molar-refractivity contribution in [1.82, 2.24) is 9.88 Å². The SMILES string of the molecule is O=C(c1csc(-c2ccccc2)n1)N1CCC(c2ccccc2F)S(=O)(=O)CC1. The van der Waals surface area contributed by atoms with E-state index in [0.717, 1.165) is 10.6 Å². The van der Waals surface area contributed by atoms with Gasteiger partial charge in [0.05, 0.1) is 11.0 Å². The van der Waals surface area contributed by atoms with Crippen LogP contribution in [0.3, 0.4) is 0 Å². The standard InChI is InChI=1S/C21H19FN2O3S2/c22-17-9-5-4-8-16(17)19-10-11-24(12-13-29(19,26)27)21(25)18-14-28-20(23-18)15-6-2-1-3-7-15/h1-9,14,19H,10-13H2. The van der Waals surface area contributed by atoms with Gasteiger partial charge in [0.25, 0.3) is 5.91 Å². The molecule has 0 aliphatic carbocycles. The molecular weight excluding hydrogens is 411 g/mol. The number of sulfone groups is 1. The van der Waals surface area contributed by atoms with Gasteiger partial charge in [-0.25, -0.2) is 17.8 Å². The van der Waals surface area contributed by atoms with E-state index >= 15 is 0 Å². The number of hydrogen-bond donors (Lipinski definition) is 0. The highest BCUT2D eigenvalue weighted by molar-refractivity contribution is 7.91. The zero-order valence-corrected chi connectivity index (χ0v) is 17.1. The number of nitrogens with zero attached hydrogens (tertiary/aromatic N) is 2. The van der Waals surface area contributed by atoms with Crippen LogP contribution >= 0.6 is 11.3 Å². The number of carbonyl (C=O) groups is 1. The van der Waals surface area contributed by atoms with E-state index < -0.39 is 20.9 Å². The summed E-state index contributed by atoms with van der Waals surface area (Å²) < 4.78 is 39.6. The highest BCUT2D eigenvalue weighted by Gasteiger charge is 2.34. The number of aromatic nitrogens is 1. The maximum absolute atomic E-state index is 14.2. The number of amides is 1. The molecule has 0 N–H and O–H groups in total. The summed E-state index contributed by atoms with van der Waals surface area (Å²) in [6.07, 6.45) is 0.157. The minimum Gasteiger partial charge on any atom is -0.336 e. The topological polar surface area (TPSA) is 67.3 Å². The number of benzene rings is 2. The summed E-state index contributed by atoms with van der Waals surface area (Å²) in [4.78, 5) is 18.9. The van der Waals surface area contributed by atoms with Crippen LogP contribution < -0.4 is 0 Å². The van der Waals surface area contributed by atoms with Crippen LogP contribution in [0.2, 0.25) is 0 Å². The van der Waals surface area contributed by atoms with Crippen LogP contribution in [0, 0.1) is 5.82 Å². The van der Waals surface area contributed by atoms with Gasteiger partial charge < -0.3 is 4.90 Å². The molecule has 2 heterocycles. The molecule has 0 spiro atoms. The molecule has 2 aromatic carbocycles. The first-order valence-corrected chi connectivity index (χ1v) is 11.8. The van der Waals surface area contributed by atoms with Crippen molar-refractivity contribution in [3.8, 4) is 10.6 Å². The summed E-state index contributed by atoms with van der Waals surface area (Å²) in [7, 11) is -3.57. The Hall–Kier alpha value is -2.58. The first-order chi connectivity index (χ1) is 14.0. The summed E-state index contributed by atoms with van der Waals surface area (Å²) in [6.45, 7) is 0.305. The van der Waals surface area contributed by atoms with Crippen LogP contribution in [-0.4, -0.2) is 43.1 Å². The second-order valence-corrected chi connectivity index (χ2v) is 10.0. The lowest BCUT2D eigenvalue weighted by Crippen LogP contribution is -2.33. The fourth-order valence-electron chi connectivity index (χ4n) is 3.48. The predicted octanol–water partition coefficient (Wildman–Crippen LogP) is 3.95. The van der Waals surface area contributed by atoms with Gasteiger partial charge >= 0.3 is 0 Å². The van der Waals surface area contributed by atoms with Crippen LogP contribution in [0.4, 0.5) is 4.39 Å². The van der Waals surface area contributed by atoms with Crippen LogP contribution in [-0.2, 0) is 9.84 Å². The maximum atomic E-state index is 14.2. The van der Waals surface area contributed by atoms with Crippen molar-refractivity contribution in [2.45, 2.75) is 11.7 Å². The second-order valence-electron chi connectivity index (χ2n) is 6.86. The molecule has 1 aliphatic heterocycles. The number of halogens is 1. The minimum atomic E-state index is -3.57. The number of rotatable bonds is 3. The van der Waals surface area contributed by atoms with E-state index in [0.29, 0.717) is 5.69 Å². The van der Waals surface area contributed by atoms with Gasteiger partial charge in [-0.3, -0.25) is 4.79 Å². The Morgan fingerprint density at radius 2 is 1.79 bits per heavy atom. The fourth-order valence-corrected chi connectivity index (χ4v) is 6.08. The van der Waals surface area contributed by atoms with E-state index in [1.807, 2.05) is 30.3 Å². The lowest BCUT2D eigenvalue weighted by Gasteiger charge is -2.19. The molecule has 1 fully saturated rings. The smallest absolute Gasteiger partial charge is 0.273 e. The highest BCUT2D eigenvalue weighted by Crippen LogP contribution is 2.32. The number of carbonyl (C=O) groups excluding carboxylic acids is 1. The summed E-state index contributed by atoms with van der Waals surface area (Å²) >= 11 is 1.37. The highest BCUT2D eigenvalue weighted by atomic mass is 32.2. The lowest BCUT2D eigenvalue weighted by atomic mass is 10.1. The second kappa shape index (κ2) is 8.04. The van der Waals surface area contributed by atoms with E-state index in [2.05, 4.69) is 4.98 Å². The predicted molar refractivity (Wildman–Crippen MR) is 111 cm³/mol. The zero-order valence-electron chi connectivity index (χ0n) is 15.5. The third-order valence-electron chi connectivity index (χ3n) is 5.02. The molecule has 3 aromatic rings. The molecule has 8 heteroatoms. The van der Waals surface area contributed by atoms with Crippen molar-refractivity contribution < 1.29 is 17.6 Å². The molecule has 1 aliphatic rings. The van der Waals surface area contributed by atoms with Gasteiger partial charge in [-0.2, -0.15) is 0 Å². The monoisotopic (exact) mass is 430 g/mol.